The molecule has 2 N–H and O–H groups in total. The van der Waals surface area contributed by atoms with Crippen LogP contribution >= 0.6 is 11.8 Å². The third-order valence-corrected chi connectivity index (χ3v) is 6.71. The van der Waals surface area contributed by atoms with E-state index in [0.29, 0.717) is 13.1 Å². The molecule has 0 spiro atoms. The summed E-state index contributed by atoms with van der Waals surface area (Å²) in [6.07, 6.45) is 4.78. The Kier molecular flexibility index (Phi) is 6.19. The highest BCUT2D eigenvalue weighted by molar-refractivity contribution is 7.99. The first-order valence-corrected chi connectivity index (χ1v) is 10.9. The number of hydrogen-bond donors (Lipinski definition) is 2. The van der Waals surface area contributed by atoms with Gasteiger partial charge in [0.05, 0.1) is 18.9 Å². The van der Waals surface area contributed by atoms with Gasteiger partial charge in [-0.2, -0.15) is 16.9 Å². The third-order valence-electron chi connectivity index (χ3n) is 5.47. The molecule has 2 aliphatic heterocycles. The third kappa shape index (κ3) is 4.51. The number of urea groups is 1. The summed E-state index contributed by atoms with van der Waals surface area (Å²) in [5.41, 5.74) is 2.09. The summed E-state index contributed by atoms with van der Waals surface area (Å²) in [7, 11) is 0. The van der Waals surface area contributed by atoms with E-state index >= 15 is 0 Å². The maximum atomic E-state index is 12.4. The SMILES string of the molecule is O=C(NCc1cccc(-n2cccn2)c1)NCC1(N2CCOCC2)CCSC1. The second-order valence-corrected chi connectivity index (χ2v) is 8.39. The first-order chi connectivity index (χ1) is 13.8. The molecule has 4 rings (SSSR count). The fourth-order valence-corrected chi connectivity index (χ4v) is 5.33. The molecule has 2 saturated heterocycles. The summed E-state index contributed by atoms with van der Waals surface area (Å²) in [5.74, 6) is 2.22. The summed E-state index contributed by atoms with van der Waals surface area (Å²) in [6.45, 7) is 4.63. The highest BCUT2D eigenvalue weighted by Crippen LogP contribution is 2.33. The number of thioether (sulfide) groups is 1. The standard InChI is InChI=1S/C20H27N5O2S/c26-19(21-14-17-3-1-4-18(13-17)25-7-2-6-23-25)22-15-20(5-12-28-16-20)24-8-10-27-11-9-24/h1-4,6-7,13H,5,8-12,14-16H2,(H2,21,22,26). The van der Waals surface area contributed by atoms with Crippen molar-refractivity contribution < 1.29 is 9.53 Å². The zero-order valence-electron chi connectivity index (χ0n) is 16.0. The lowest BCUT2D eigenvalue weighted by atomic mass is 9.95. The summed E-state index contributed by atoms with van der Waals surface area (Å²) < 4.78 is 7.31. The van der Waals surface area contributed by atoms with Crippen LogP contribution in [0.3, 0.4) is 0 Å². The number of benzene rings is 1. The molecule has 150 valence electrons. The molecule has 8 heteroatoms. The Morgan fingerprint density at radius 1 is 1.25 bits per heavy atom. The van der Waals surface area contributed by atoms with Crippen molar-refractivity contribution in [2.45, 2.75) is 18.5 Å². The minimum Gasteiger partial charge on any atom is -0.379 e. The Hall–Kier alpha value is -2.03. The van der Waals surface area contributed by atoms with E-state index < -0.39 is 0 Å². The maximum Gasteiger partial charge on any atom is 0.315 e. The highest BCUT2D eigenvalue weighted by atomic mass is 32.2. The molecular weight excluding hydrogens is 374 g/mol. The van der Waals surface area contributed by atoms with Crippen molar-refractivity contribution in [1.82, 2.24) is 25.3 Å². The van der Waals surface area contributed by atoms with Crippen LogP contribution in [0.25, 0.3) is 5.69 Å². The van der Waals surface area contributed by atoms with E-state index in [1.807, 2.05) is 53.0 Å². The summed E-state index contributed by atoms with van der Waals surface area (Å²) in [5, 5.41) is 10.3. The number of nitrogens with zero attached hydrogens (tertiary/aromatic N) is 3. The zero-order valence-corrected chi connectivity index (χ0v) is 16.8. The van der Waals surface area contributed by atoms with Gasteiger partial charge < -0.3 is 15.4 Å². The minimum absolute atomic E-state index is 0.0613. The molecule has 0 saturated carbocycles. The average Bonchev–Trinajstić information content (AvgIpc) is 3.44. The molecule has 0 radical (unpaired) electrons. The Morgan fingerprint density at radius 2 is 2.14 bits per heavy atom. The normalized spacial score (nSPS) is 22.9. The van der Waals surface area contributed by atoms with E-state index in [-0.39, 0.29) is 11.6 Å². The van der Waals surface area contributed by atoms with Crippen LogP contribution in [0.15, 0.2) is 42.7 Å². The van der Waals surface area contributed by atoms with Crippen LogP contribution in [0, 0.1) is 0 Å². The Morgan fingerprint density at radius 3 is 2.89 bits per heavy atom. The lowest BCUT2D eigenvalue weighted by Crippen LogP contribution is -2.59. The minimum atomic E-state index is -0.117. The van der Waals surface area contributed by atoms with Crippen molar-refractivity contribution in [3.8, 4) is 5.69 Å². The van der Waals surface area contributed by atoms with Gasteiger partial charge in [0.15, 0.2) is 0 Å². The van der Waals surface area contributed by atoms with Crippen molar-refractivity contribution in [3.05, 3.63) is 48.3 Å². The van der Waals surface area contributed by atoms with Crippen LogP contribution in [0.2, 0.25) is 0 Å². The predicted octanol–water partition coefficient (Wildman–Crippen LogP) is 1.88. The molecular formula is C20H27N5O2S. The van der Waals surface area contributed by atoms with Gasteiger partial charge >= 0.3 is 6.03 Å². The van der Waals surface area contributed by atoms with Gasteiger partial charge in [-0.05, 0) is 35.9 Å². The largest absolute Gasteiger partial charge is 0.379 e. The number of aromatic nitrogens is 2. The lowest BCUT2D eigenvalue weighted by Gasteiger charge is -2.43. The first-order valence-electron chi connectivity index (χ1n) is 9.76. The molecule has 2 fully saturated rings. The van der Waals surface area contributed by atoms with Gasteiger partial charge in [-0.3, -0.25) is 4.90 Å². The number of amides is 2. The molecule has 1 aromatic heterocycles. The molecule has 28 heavy (non-hydrogen) atoms. The monoisotopic (exact) mass is 401 g/mol. The van der Waals surface area contributed by atoms with Gasteiger partial charge in [0.25, 0.3) is 0 Å². The van der Waals surface area contributed by atoms with Gasteiger partial charge in [0.1, 0.15) is 0 Å². The second-order valence-electron chi connectivity index (χ2n) is 7.28. The second kappa shape index (κ2) is 8.98. The zero-order chi connectivity index (χ0) is 19.2. The van der Waals surface area contributed by atoms with Gasteiger partial charge in [-0.1, -0.05) is 12.1 Å². The summed E-state index contributed by atoms with van der Waals surface area (Å²) in [4.78, 5) is 14.9. The van der Waals surface area contributed by atoms with Gasteiger partial charge in [0.2, 0.25) is 0 Å². The molecule has 7 nitrogen and oxygen atoms in total. The molecule has 1 unspecified atom stereocenters. The first kappa shape index (κ1) is 19.3. The van der Waals surface area contributed by atoms with Crippen molar-refractivity contribution >= 4 is 17.8 Å². The Bertz CT molecular complexity index is 771. The van der Waals surface area contributed by atoms with E-state index in [4.69, 9.17) is 4.74 Å². The molecule has 2 aliphatic rings. The highest BCUT2D eigenvalue weighted by Gasteiger charge is 2.40. The number of carbonyl (C=O) groups is 1. The number of hydrogen-bond acceptors (Lipinski definition) is 5. The number of morpholine rings is 1. The topological polar surface area (TPSA) is 71.4 Å². The van der Waals surface area contributed by atoms with Gasteiger partial charge in [-0.25, -0.2) is 9.48 Å². The van der Waals surface area contributed by atoms with Gasteiger partial charge in [-0.15, -0.1) is 0 Å². The van der Waals surface area contributed by atoms with Crippen molar-refractivity contribution in [2.75, 3.05) is 44.4 Å². The molecule has 0 bridgehead atoms. The molecule has 1 aromatic carbocycles. The quantitative estimate of drug-likeness (QED) is 0.773. The van der Waals surface area contributed by atoms with Crippen LogP contribution in [-0.4, -0.2) is 70.6 Å². The molecule has 2 amide bonds. The Balaban J connectivity index is 1.30. The van der Waals surface area contributed by atoms with Crippen molar-refractivity contribution in [3.63, 3.8) is 0 Å². The maximum absolute atomic E-state index is 12.4. The number of nitrogens with one attached hydrogen (secondary N) is 2. The number of ether oxygens (including phenoxy) is 1. The molecule has 2 aromatic rings. The molecule has 1 atom stereocenters. The van der Waals surface area contributed by atoms with Crippen LogP contribution in [-0.2, 0) is 11.3 Å². The summed E-state index contributed by atoms with van der Waals surface area (Å²) in [6, 6.07) is 9.81. The van der Waals surface area contributed by atoms with E-state index in [9.17, 15) is 4.79 Å². The van der Waals surface area contributed by atoms with E-state index in [1.165, 1.54) is 0 Å². The van der Waals surface area contributed by atoms with Crippen LogP contribution in [0.5, 0.6) is 0 Å². The Labute approximate surface area is 169 Å². The number of rotatable bonds is 6. The van der Waals surface area contributed by atoms with E-state index in [1.54, 1.807) is 6.20 Å². The predicted molar refractivity (Wildman–Crippen MR) is 111 cm³/mol. The molecule has 3 heterocycles. The van der Waals surface area contributed by atoms with Crippen molar-refractivity contribution in [1.29, 1.82) is 0 Å². The van der Waals surface area contributed by atoms with Crippen LogP contribution in [0.1, 0.15) is 12.0 Å². The van der Waals surface area contributed by atoms with Crippen LogP contribution in [0.4, 0.5) is 4.79 Å². The van der Waals surface area contributed by atoms with E-state index in [0.717, 1.165) is 55.5 Å². The molecule has 0 aliphatic carbocycles. The summed E-state index contributed by atoms with van der Waals surface area (Å²) >= 11 is 1.97. The average molecular weight is 402 g/mol. The van der Waals surface area contributed by atoms with Crippen molar-refractivity contribution in [2.24, 2.45) is 0 Å². The van der Waals surface area contributed by atoms with Gasteiger partial charge in [0, 0.05) is 49.9 Å². The van der Waals surface area contributed by atoms with E-state index in [2.05, 4.69) is 20.6 Å². The fourth-order valence-electron chi connectivity index (χ4n) is 3.85. The van der Waals surface area contributed by atoms with Crippen LogP contribution < -0.4 is 10.6 Å². The number of carbonyl (C=O) groups excluding carboxylic acids is 1. The lowest BCUT2D eigenvalue weighted by molar-refractivity contribution is -0.0124. The fraction of sp³-hybridized carbons (Fsp3) is 0.500. The smallest absolute Gasteiger partial charge is 0.315 e.